The fourth-order valence-corrected chi connectivity index (χ4v) is 3.93. The van der Waals surface area contributed by atoms with Gasteiger partial charge in [-0.2, -0.15) is 0 Å². The van der Waals surface area contributed by atoms with Gasteiger partial charge in [-0.1, -0.05) is 42.5 Å². The molecule has 1 N–H and O–H groups in total. The molecular weight excluding hydrogens is 436 g/mol. The molecule has 7 heteroatoms. The fraction of sp³-hybridized carbons (Fsp3) is 0.318. The minimum absolute atomic E-state index is 0.0124. The number of carbonyl (C=O) groups is 3. The van der Waals surface area contributed by atoms with E-state index in [9.17, 15) is 14.4 Å². The van der Waals surface area contributed by atoms with Crippen LogP contribution in [0.4, 0.5) is 5.69 Å². The van der Waals surface area contributed by atoms with E-state index in [0.717, 1.165) is 15.7 Å². The predicted molar refractivity (Wildman–Crippen MR) is 113 cm³/mol. The van der Waals surface area contributed by atoms with Gasteiger partial charge in [0.1, 0.15) is 5.92 Å². The molecule has 1 aliphatic rings. The van der Waals surface area contributed by atoms with E-state index in [0.29, 0.717) is 13.0 Å². The number of halogens is 1. The smallest absolute Gasteiger partial charge is 0.308 e. The first-order valence-corrected chi connectivity index (χ1v) is 10.4. The van der Waals surface area contributed by atoms with E-state index >= 15 is 0 Å². The van der Waals surface area contributed by atoms with E-state index in [1.807, 2.05) is 54.6 Å². The first-order valence-electron chi connectivity index (χ1n) is 9.58. The predicted octanol–water partition coefficient (Wildman–Crippen LogP) is 3.61. The highest BCUT2D eigenvalue weighted by atomic mass is 79.9. The second kappa shape index (κ2) is 9.69. The van der Waals surface area contributed by atoms with E-state index in [-0.39, 0.29) is 24.8 Å². The highest BCUT2D eigenvalue weighted by Gasteiger charge is 2.39. The molecule has 3 rings (SSSR count). The van der Waals surface area contributed by atoms with Crippen molar-refractivity contribution in [2.24, 2.45) is 5.92 Å². The number of nitrogens with zero attached hydrogens (tertiary/aromatic N) is 1. The lowest BCUT2D eigenvalue weighted by Gasteiger charge is -2.21. The summed E-state index contributed by atoms with van der Waals surface area (Å²) in [7, 11) is 0. The quantitative estimate of drug-likeness (QED) is 0.507. The van der Waals surface area contributed by atoms with Crippen molar-refractivity contribution in [2.75, 3.05) is 18.1 Å². The second-order valence-corrected chi connectivity index (χ2v) is 7.62. The molecule has 1 saturated heterocycles. The minimum Gasteiger partial charge on any atom is -0.466 e. The third-order valence-corrected chi connectivity index (χ3v) is 5.53. The summed E-state index contributed by atoms with van der Waals surface area (Å²) in [6.45, 7) is 2.48. The van der Waals surface area contributed by atoms with Crippen molar-refractivity contribution >= 4 is 39.4 Å². The summed E-state index contributed by atoms with van der Waals surface area (Å²) >= 11 is 3.46. The summed E-state index contributed by atoms with van der Waals surface area (Å²) in [6.07, 6.45) is 0.436. The van der Waals surface area contributed by atoms with Crippen molar-refractivity contribution in [1.82, 2.24) is 5.32 Å². The maximum Gasteiger partial charge on any atom is 0.308 e. The maximum absolute atomic E-state index is 12.9. The third kappa shape index (κ3) is 5.03. The molecule has 6 nitrogen and oxygen atoms in total. The van der Waals surface area contributed by atoms with Crippen LogP contribution in [0.5, 0.6) is 0 Å². The standard InChI is InChI=1S/C22H23BrN2O4/c1-2-29-20(26)14-18(15-8-4-3-5-9-15)24-21(27)16-12-13-25(22(16)28)19-11-7-6-10-17(19)23/h3-11,16,18H,2,12-14H2,1H3,(H,24,27). The van der Waals surface area contributed by atoms with Crippen LogP contribution in [-0.4, -0.2) is 30.9 Å². The number of amides is 2. The van der Waals surface area contributed by atoms with E-state index < -0.39 is 17.9 Å². The number of hydrogen-bond donors (Lipinski definition) is 1. The Morgan fingerprint density at radius 3 is 2.55 bits per heavy atom. The van der Waals surface area contributed by atoms with Crippen LogP contribution in [0.25, 0.3) is 0 Å². The molecule has 0 radical (unpaired) electrons. The molecule has 0 spiro atoms. The van der Waals surface area contributed by atoms with Gasteiger partial charge in [0.2, 0.25) is 11.8 Å². The highest BCUT2D eigenvalue weighted by Crippen LogP contribution is 2.32. The van der Waals surface area contributed by atoms with Gasteiger partial charge < -0.3 is 15.0 Å². The molecule has 2 aromatic rings. The molecule has 2 unspecified atom stereocenters. The minimum atomic E-state index is -0.782. The lowest BCUT2D eigenvalue weighted by atomic mass is 10.0. The summed E-state index contributed by atoms with van der Waals surface area (Å²) in [5.74, 6) is -1.79. The van der Waals surface area contributed by atoms with Crippen LogP contribution in [-0.2, 0) is 19.1 Å². The highest BCUT2D eigenvalue weighted by molar-refractivity contribution is 9.10. The number of hydrogen-bond acceptors (Lipinski definition) is 4. The summed E-state index contributed by atoms with van der Waals surface area (Å²) in [4.78, 5) is 39.4. The normalized spacial score (nSPS) is 17.1. The van der Waals surface area contributed by atoms with Gasteiger partial charge in [-0.15, -0.1) is 0 Å². The van der Waals surface area contributed by atoms with Crippen molar-refractivity contribution in [2.45, 2.75) is 25.8 Å². The largest absolute Gasteiger partial charge is 0.466 e. The molecule has 1 fully saturated rings. The molecule has 29 heavy (non-hydrogen) atoms. The van der Waals surface area contributed by atoms with E-state index in [2.05, 4.69) is 21.2 Å². The van der Waals surface area contributed by atoms with Gasteiger partial charge in [-0.05, 0) is 47.0 Å². The number of para-hydroxylation sites is 1. The van der Waals surface area contributed by atoms with Crippen LogP contribution in [0.1, 0.15) is 31.4 Å². The first kappa shape index (κ1) is 21.0. The molecule has 152 valence electrons. The maximum atomic E-state index is 12.9. The lowest BCUT2D eigenvalue weighted by Crippen LogP contribution is -2.39. The molecule has 0 bridgehead atoms. The number of rotatable bonds is 7. The molecular formula is C22H23BrN2O4. The van der Waals surface area contributed by atoms with Crippen molar-refractivity contribution in [3.05, 3.63) is 64.6 Å². The molecule has 0 saturated carbocycles. The number of anilines is 1. The van der Waals surface area contributed by atoms with Crippen LogP contribution in [0, 0.1) is 5.92 Å². The zero-order valence-electron chi connectivity index (χ0n) is 16.1. The van der Waals surface area contributed by atoms with Crippen LogP contribution in [0.3, 0.4) is 0 Å². The van der Waals surface area contributed by atoms with Crippen LogP contribution >= 0.6 is 15.9 Å². The van der Waals surface area contributed by atoms with Gasteiger partial charge in [0.05, 0.1) is 24.8 Å². The Labute approximate surface area is 178 Å². The lowest BCUT2D eigenvalue weighted by molar-refractivity contribution is -0.143. The van der Waals surface area contributed by atoms with Gasteiger partial charge in [0.25, 0.3) is 0 Å². The number of esters is 1. The van der Waals surface area contributed by atoms with E-state index in [4.69, 9.17) is 4.74 Å². The Bertz CT molecular complexity index is 887. The van der Waals surface area contributed by atoms with Gasteiger partial charge in [0.15, 0.2) is 0 Å². The molecule has 2 atom stereocenters. The topological polar surface area (TPSA) is 75.7 Å². The van der Waals surface area contributed by atoms with Crippen molar-refractivity contribution in [3.8, 4) is 0 Å². The van der Waals surface area contributed by atoms with Gasteiger partial charge in [0, 0.05) is 11.0 Å². The number of ether oxygens (including phenoxy) is 1. The van der Waals surface area contributed by atoms with Gasteiger partial charge >= 0.3 is 5.97 Å². The molecule has 0 aromatic heterocycles. The average Bonchev–Trinajstić information content (AvgIpc) is 3.10. The zero-order valence-corrected chi connectivity index (χ0v) is 17.7. The summed E-state index contributed by atoms with van der Waals surface area (Å²) in [5, 5.41) is 2.88. The van der Waals surface area contributed by atoms with Gasteiger partial charge in [-0.25, -0.2) is 0 Å². The molecule has 2 aromatic carbocycles. The Morgan fingerprint density at radius 2 is 1.86 bits per heavy atom. The molecule has 2 amide bonds. The second-order valence-electron chi connectivity index (χ2n) is 6.76. The van der Waals surface area contributed by atoms with Crippen molar-refractivity contribution < 1.29 is 19.1 Å². The Kier molecular flexibility index (Phi) is 7.04. The van der Waals surface area contributed by atoms with Crippen molar-refractivity contribution in [3.63, 3.8) is 0 Å². The van der Waals surface area contributed by atoms with Crippen LogP contribution in [0.2, 0.25) is 0 Å². The van der Waals surface area contributed by atoms with E-state index in [1.165, 1.54) is 0 Å². The van der Waals surface area contributed by atoms with Crippen LogP contribution < -0.4 is 10.2 Å². The summed E-state index contributed by atoms with van der Waals surface area (Å²) < 4.78 is 5.84. The summed E-state index contributed by atoms with van der Waals surface area (Å²) in [6, 6.07) is 16.1. The number of benzene rings is 2. The fourth-order valence-electron chi connectivity index (χ4n) is 3.43. The third-order valence-electron chi connectivity index (χ3n) is 4.86. The SMILES string of the molecule is CCOC(=O)CC(NC(=O)C1CCN(c2ccccc2Br)C1=O)c1ccccc1. The molecule has 1 aliphatic heterocycles. The number of carbonyl (C=O) groups excluding carboxylic acids is 3. The molecule has 0 aliphatic carbocycles. The number of nitrogens with one attached hydrogen (secondary N) is 1. The summed E-state index contributed by atoms with van der Waals surface area (Å²) in [5.41, 5.74) is 1.54. The average molecular weight is 459 g/mol. The van der Waals surface area contributed by atoms with E-state index in [1.54, 1.807) is 11.8 Å². The van der Waals surface area contributed by atoms with Gasteiger partial charge in [-0.3, -0.25) is 14.4 Å². The zero-order chi connectivity index (χ0) is 20.8. The monoisotopic (exact) mass is 458 g/mol. The molecule has 1 heterocycles. The Hall–Kier alpha value is -2.67. The van der Waals surface area contributed by atoms with Crippen LogP contribution in [0.15, 0.2) is 59.1 Å². The Balaban J connectivity index is 1.73. The van der Waals surface area contributed by atoms with Crippen molar-refractivity contribution in [1.29, 1.82) is 0 Å². The first-order chi connectivity index (χ1) is 14.0. The Morgan fingerprint density at radius 1 is 1.17 bits per heavy atom.